The Hall–Kier alpha value is -3.56. The molecule has 4 rings (SSSR count). The van der Waals surface area contributed by atoms with Crippen LogP contribution in [0.4, 0.5) is 11.5 Å². The van der Waals surface area contributed by atoms with Crippen molar-refractivity contribution in [3.8, 4) is 5.69 Å². The number of hydrogen-bond donors (Lipinski definition) is 1. The molecule has 0 aliphatic carbocycles. The molecule has 2 aromatic heterocycles. The predicted molar refractivity (Wildman–Crippen MR) is 118 cm³/mol. The van der Waals surface area contributed by atoms with Gasteiger partial charge in [-0.05, 0) is 42.8 Å². The molecule has 0 radical (unpaired) electrons. The minimum atomic E-state index is -0.666. The van der Waals surface area contributed by atoms with Gasteiger partial charge in [0.1, 0.15) is 12.0 Å². The van der Waals surface area contributed by atoms with Crippen LogP contribution < -0.4 is 10.9 Å². The van der Waals surface area contributed by atoms with Gasteiger partial charge in [-0.15, -0.1) is 0 Å². The molecule has 2 aromatic carbocycles. The summed E-state index contributed by atoms with van der Waals surface area (Å²) in [5, 5.41) is 14.7. The van der Waals surface area contributed by atoms with Gasteiger partial charge >= 0.3 is 5.69 Å². The van der Waals surface area contributed by atoms with Crippen LogP contribution in [0.2, 0.25) is 10.3 Å². The van der Waals surface area contributed by atoms with Gasteiger partial charge in [-0.2, -0.15) is 4.98 Å². The van der Waals surface area contributed by atoms with Gasteiger partial charge in [0.05, 0.1) is 32.6 Å². The van der Waals surface area contributed by atoms with Gasteiger partial charge in [-0.1, -0.05) is 35.9 Å². The molecule has 0 saturated carbocycles. The van der Waals surface area contributed by atoms with Crippen molar-refractivity contribution in [1.29, 1.82) is 0 Å². The van der Waals surface area contributed by atoms with Gasteiger partial charge in [-0.25, -0.2) is 9.97 Å². The molecule has 0 aliphatic heterocycles. The number of nitro groups is 1. The zero-order valence-electron chi connectivity index (χ0n) is 16.0. The van der Waals surface area contributed by atoms with Gasteiger partial charge in [0, 0.05) is 0 Å². The quantitative estimate of drug-likeness (QED) is 0.265. The fourth-order valence-electron chi connectivity index (χ4n) is 3.19. The molecule has 4 aromatic rings. The molecule has 0 spiro atoms. The molecular weight excluding hydrogens is 443 g/mol. The molecule has 1 N–H and O–H groups in total. The van der Waals surface area contributed by atoms with Crippen LogP contribution in [0, 0.1) is 10.1 Å². The lowest BCUT2D eigenvalue weighted by Crippen LogP contribution is -2.27. The summed E-state index contributed by atoms with van der Waals surface area (Å²) in [4.78, 5) is 36.4. The minimum absolute atomic E-state index is 0.0856. The van der Waals surface area contributed by atoms with E-state index in [-0.39, 0.29) is 32.8 Å². The summed E-state index contributed by atoms with van der Waals surface area (Å²) >= 11 is 12.1. The molecule has 0 bridgehead atoms. The maximum absolute atomic E-state index is 13.4. The average molecular weight is 457 g/mol. The summed E-state index contributed by atoms with van der Waals surface area (Å²) in [5.41, 5.74) is 0.263. The molecule has 0 saturated heterocycles. The van der Waals surface area contributed by atoms with Crippen LogP contribution in [-0.2, 0) is 0 Å². The van der Waals surface area contributed by atoms with Crippen LogP contribution in [0.15, 0.2) is 59.5 Å². The van der Waals surface area contributed by atoms with Crippen molar-refractivity contribution in [2.24, 2.45) is 0 Å². The van der Waals surface area contributed by atoms with Crippen molar-refractivity contribution >= 4 is 45.6 Å². The Bertz CT molecular complexity index is 1360. The van der Waals surface area contributed by atoms with E-state index in [9.17, 15) is 14.9 Å². The monoisotopic (exact) mass is 456 g/mol. The van der Waals surface area contributed by atoms with Crippen molar-refractivity contribution in [1.82, 2.24) is 19.5 Å². The van der Waals surface area contributed by atoms with E-state index >= 15 is 0 Å². The number of halogens is 2. The fourth-order valence-corrected chi connectivity index (χ4v) is 3.57. The zero-order valence-corrected chi connectivity index (χ0v) is 17.5. The zero-order chi connectivity index (χ0) is 22.1. The highest BCUT2D eigenvalue weighted by atomic mass is 35.5. The Balaban J connectivity index is 1.92. The van der Waals surface area contributed by atoms with Crippen LogP contribution >= 0.6 is 23.2 Å². The van der Waals surface area contributed by atoms with Crippen LogP contribution in [0.1, 0.15) is 18.8 Å². The highest BCUT2D eigenvalue weighted by Gasteiger charge is 2.23. The highest BCUT2D eigenvalue weighted by molar-refractivity contribution is 6.35. The molecule has 31 heavy (non-hydrogen) atoms. The number of fused-ring (bicyclic) bond motifs is 1. The van der Waals surface area contributed by atoms with E-state index in [0.717, 1.165) is 6.20 Å². The number of hydrogen-bond acceptors (Lipinski definition) is 7. The van der Waals surface area contributed by atoms with Crippen LogP contribution in [0.25, 0.3) is 16.6 Å². The number of nitrogens with one attached hydrogen (secondary N) is 1. The molecule has 156 valence electrons. The largest absolute Gasteiger partial charge is 0.355 e. The Morgan fingerprint density at radius 1 is 1.10 bits per heavy atom. The first-order valence-corrected chi connectivity index (χ1v) is 9.82. The van der Waals surface area contributed by atoms with E-state index in [2.05, 4.69) is 20.3 Å². The molecule has 0 fully saturated rings. The number of para-hydroxylation sites is 1. The molecule has 1 atom stereocenters. The van der Waals surface area contributed by atoms with Gasteiger partial charge in [0.25, 0.3) is 5.56 Å². The topological polar surface area (TPSA) is 116 Å². The summed E-state index contributed by atoms with van der Waals surface area (Å²) in [5.74, 6) is 0.229. The smallest absolute Gasteiger partial charge is 0.329 e. The van der Waals surface area contributed by atoms with E-state index in [1.807, 2.05) is 6.07 Å². The lowest BCUT2D eigenvalue weighted by molar-refractivity contribution is -0.384. The third-order valence-electron chi connectivity index (χ3n) is 4.56. The summed E-state index contributed by atoms with van der Waals surface area (Å²) in [6.07, 6.45) is 1.02. The maximum Gasteiger partial charge on any atom is 0.329 e. The fraction of sp³-hybridized carbons (Fsp3) is 0.100. The standard InChI is InChI=1S/C20H14Cl2N6O3/c1-11(24-17-15(28(30)31)10-23-20(22)26-17)18-25-14-9-5-8-13(21)16(14)19(29)27(18)12-6-3-2-4-7-12/h2-11H,1H3,(H,23,24,26)/t11-/m0/s1. The van der Waals surface area contributed by atoms with Crippen LogP contribution in [-0.4, -0.2) is 24.4 Å². The van der Waals surface area contributed by atoms with Gasteiger partial charge in [0.2, 0.25) is 11.1 Å². The van der Waals surface area contributed by atoms with Gasteiger partial charge < -0.3 is 5.32 Å². The molecule has 0 aliphatic rings. The molecular formula is C20H14Cl2N6O3. The van der Waals surface area contributed by atoms with Crippen LogP contribution in [0.3, 0.4) is 0 Å². The number of rotatable bonds is 5. The lowest BCUT2D eigenvalue weighted by Gasteiger charge is -2.20. The minimum Gasteiger partial charge on any atom is -0.355 e. The van der Waals surface area contributed by atoms with E-state index in [1.54, 1.807) is 49.4 Å². The number of anilines is 1. The first-order valence-electron chi connectivity index (χ1n) is 9.07. The van der Waals surface area contributed by atoms with E-state index in [0.29, 0.717) is 17.0 Å². The lowest BCUT2D eigenvalue weighted by atomic mass is 10.2. The summed E-state index contributed by atoms with van der Waals surface area (Å²) < 4.78 is 1.42. The van der Waals surface area contributed by atoms with E-state index in [4.69, 9.17) is 23.2 Å². The number of nitrogens with zero attached hydrogens (tertiary/aromatic N) is 5. The predicted octanol–water partition coefficient (Wildman–Crippen LogP) is 4.56. The van der Waals surface area contributed by atoms with E-state index in [1.165, 1.54) is 4.57 Å². The second-order valence-corrected chi connectivity index (χ2v) is 7.32. The molecule has 0 unspecified atom stereocenters. The summed E-state index contributed by atoms with van der Waals surface area (Å²) in [6.45, 7) is 1.71. The number of benzene rings is 2. The number of aromatic nitrogens is 4. The molecule has 9 nitrogen and oxygen atoms in total. The first kappa shape index (κ1) is 20.7. The maximum atomic E-state index is 13.4. The summed E-state index contributed by atoms with van der Waals surface area (Å²) in [7, 11) is 0. The van der Waals surface area contributed by atoms with Gasteiger partial charge in [0.15, 0.2) is 0 Å². The Kier molecular flexibility index (Phi) is 5.53. The van der Waals surface area contributed by atoms with Crippen molar-refractivity contribution in [2.75, 3.05) is 5.32 Å². The molecule has 11 heteroatoms. The van der Waals surface area contributed by atoms with E-state index < -0.39 is 11.0 Å². The van der Waals surface area contributed by atoms with Gasteiger partial charge in [-0.3, -0.25) is 19.5 Å². The molecule has 2 heterocycles. The Morgan fingerprint density at radius 2 is 1.84 bits per heavy atom. The highest BCUT2D eigenvalue weighted by Crippen LogP contribution is 2.28. The van der Waals surface area contributed by atoms with Crippen molar-refractivity contribution < 1.29 is 4.92 Å². The Morgan fingerprint density at radius 3 is 2.55 bits per heavy atom. The van der Waals surface area contributed by atoms with Crippen LogP contribution in [0.5, 0.6) is 0 Å². The SMILES string of the molecule is C[C@H](Nc1nc(Cl)ncc1[N+](=O)[O-])c1nc2cccc(Cl)c2c(=O)n1-c1ccccc1. The second kappa shape index (κ2) is 8.29. The van der Waals surface area contributed by atoms with Crippen molar-refractivity contribution in [3.05, 3.63) is 91.3 Å². The average Bonchev–Trinajstić information content (AvgIpc) is 2.74. The molecule has 0 amide bonds. The van der Waals surface area contributed by atoms with Crippen molar-refractivity contribution in [3.63, 3.8) is 0 Å². The summed E-state index contributed by atoms with van der Waals surface area (Å²) in [6, 6.07) is 13.2. The Labute approximate surface area is 185 Å². The third-order valence-corrected chi connectivity index (χ3v) is 5.06. The van der Waals surface area contributed by atoms with Crippen molar-refractivity contribution in [2.45, 2.75) is 13.0 Å². The second-order valence-electron chi connectivity index (χ2n) is 6.58. The first-order chi connectivity index (χ1) is 14.9. The normalized spacial score (nSPS) is 12.0. The third kappa shape index (κ3) is 3.92.